The van der Waals surface area contributed by atoms with E-state index in [1.165, 1.54) is 11.8 Å². The van der Waals surface area contributed by atoms with Gasteiger partial charge in [-0.05, 0) is 48.4 Å². The Balaban J connectivity index is 1.63. The Kier molecular flexibility index (Phi) is 12.7. The second-order valence-electron chi connectivity index (χ2n) is 9.40. The van der Waals surface area contributed by atoms with Crippen molar-refractivity contribution in [2.45, 2.75) is 43.2 Å². The fourth-order valence-electron chi connectivity index (χ4n) is 4.04. The molecule has 3 rings (SSSR count). The minimum atomic E-state index is -5.07. The molecule has 3 amide bonds. The molecular weight excluding hydrogens is 553 g/mol. The zero-order valence-corrected chi connectivity index (χ0v) is 23.2. The molecule has 0 saturated carbocycles. The van der Waals surface area contributed by atoms with E-state index in [2.05, 4.69) is 15.6 Å². The Morgan fingerprint density at radius 3 is 2.07 bits per heavy atom. The summed E-state index contributed by atoms with van der Waals surface area (Å²) in [5.74, 6) is -2.73. The predicted octanol–water partition coefficient (Wildman–Crippen LogP) is 3.88. The van der Waals surface area contributed by atoms with Gasteiger partial charge in [0.05, 0.1) is 11.8 Å². The van der Waals surface area contributed by atoms with Gasteiger partial charge in [0.25, 0.3) is 0 Å². The molecular formula is C30H33F3N4O3S. The molecule has 0 radical (unpaired) electrons. The maximum absolute atomic E-state index is 13.2. The number of carbonyl (C=O) groups excluding carboxylic acids is 3. The number of rotatable bonds is 15. The van der Waals surface area contributed by atoms with E-state index in [0.29, 0.717) is 25.1 Å². The lowest BCUT2D eigenvalue weighted by atomic mass is 10.1. The van der Waals surface area contributed by atoms with Crippen molar-refractivity contribution < 1.29 is 27.6 Å². The molecule has 218 valence electrons. The summed E-state index contributed by atoms with van der Waals surface area (Å²) in [4.78, 5) is 40.9. The third kappa shape index (κ3) is 12.0. The number of aryl methyl sites for hydroxylation is 1. The van der Waals surface area contributed by atoms with Crippen LogP contribution >= 0.6 is 11.8 Å². The molecule has 3 N–H and O–H groups in total. The highest BCUT2D eigenvalue weighted by Gasteiger charge is 2.38. The number of nitrogens with one attached hydrogen (secondary N) is 3. The minimum Gasteiger partial charge on any atom is -0.355 e. The maximum Gasteiger partial charge on any atom is 0.471 e. The Morgan fingerprint density at radius 2 is 1.46 bits per heavy atom. The summed E-state index contributed by atoms with van der Waals surface area (Å²) in [5, 5.41) is 6.87. The molecule has 0 spiro atoms. The van der Waals surface area contributed by atoms with Crippen molar-refractivity contribution in [3.05, 3.63) is 102 Å². The lowest BCUT2D eigenvalue weighted by Crippen LogP contribution is -2.47. The van der Waals surface area contributed by atoms with E-state index in [1.54, 1.807) is 17.7 Å². The van der Waals surface area contributed by atoms with E-state index in [0.717, 1.165) is 29.5 Å². The largest absolute Gasteiger partial charge is 0.471 e. The molecule has 1 aromatic heterocycles. The van der Waals surface area contributed by atoms with Crippen LogP contribution in [0.3, 0.4) is 0 Å². The number of hydrogen-bond donors (Lipinski definition) is 3. The van der Waals surface area contributed by atoms with Gasteiger partial charge in [0, 0.05) is 30.7 Å². The van der Waals surface area contributed by atoms with Crippen LogP contribution in [0.25, 0.3) is 0 Å². The first-order valence-electron chi connectivity index (χ1n) is 13.2. The third-order valence-electron chi connectivity index (χ3n) is 6.08. The average Bonchev–Trinajstić information content (AvgIpc) is 2.97. The molecule has 0 aliphatic heterocycles. The second kappa shape index (κ2) is 16.4. The van der Waals surface area contributed by atoms with Crippen LogP contribution in [-0.2, 0) is 33.6 Å². The Labute approximate surface area is 241 Å². The third-order valence-corrected chi connectivity index (χ3v) is 7.45. The number of thioether (sulfide) groups is 1. The number of alkyl halides is 3. The molecule has 2 aromatic carbocycles. The lowest BCUT2D eigenvalue weighted by molar-refractivity contribution is -0.173. The van der Waals surface area contributed by atoms with Crippen molar-refractivity contribution in [1.29, 1.82) is 0 Å². The molecule has 0 aliphatic rings. The first-order chi connectivity index (χ1) is 19.7. The summed E-state index contributed by atoms with van der Waals surface area (Å²) >= 11 is 1.37. The van der Waals surface area contributed by atoms with Gasteiger partial charge >= 0.3 is 12.1 Å². The number of nitrogens with zero attached hydrogens (tertiary/aromatic N) is 1. The molecule has 0 aliphatic carbocycles. The van der Waals surface area contributed by atoms with Crippen LogP contribution in [0.15, 0.2) is 85.2 Å². The van der Waals surface area contributed by atoms with Crippen molar-refractivity contribution in [3.8, 4) is 0 Å². The molecule has 2 atom stereocenters. The number of amides is 3. The number of benzene rings is 2. The maximum atomic E-state index is 13.2. The molecule has 41 heavy (non-hydrogen) atoms. The first-order valence-corrected chi connectivity index (χ1v) is 14.3. The Hall–Kier alpha value is -3.86. The molecule has 3 aromatic rings. The molecule has 0 fully saturated rings. The van der Waals surface area contributed by atoms with Crippen LogP contribution in [-0.4, -0.2) is 59.0 Å². The highest BCUT2D eigenvalue weighted by atomic mass is 32.2. The number of halogens is 3. The van der Waals surface area contributed by atoms with Gasteiger partial charge in [-0.15, -0.1) is 11.8 Å². The summed E-state index contributed by atoms with van der Waals surface area (Å²) in [7, 11) is 0. The zero-order valence-electron chi connectivity index (χ0n) is 22.4. The highest BCUT2D eigenvalue weighted by molar-refractivity contribution is 8.00. The fraction of sp³-hybridized carbons (Fsp3) is 0.333. The van der Waals surface area contributed by atoms with E-state index in [-0.39, 0.29) is 5.91 Å². The second-order valence-corrected chi connectivity index (χ2v) is 10.6. The SMILES string of the molecule is O=C(CNC(=O)C(F)(F)F)N[C@H](CS[C@H](Cc1ccccc1)C(=O)NCCCc1cccnc1)Cc1ccccc1. The van der Waals surface area contributed by atoms with Gasteiger partial charge in [-0.3, -0.25) is 19.4 Å². The monoisotopic (exact) mass is 586 g/mol. The normalized spacial score (nSPS) is 12.7. The van der Waals surface area contributed by atoms with Crippen molar-refractivity contribution in [1.82, 2.24) is 20.9 Å². The van der Waals surface area contributed by atoms with E-state index in [9.17, 15) is 27.6 Å². The number of aromatic nitrogens is 1. The van der Waals surface area contributed by atoms with Crippen molar-refractivity contribution in [2.75, 3.05) is 18.8 Å². The predicted molar refractivity (Wildman–Crippen MR) is 153 cm³/mol. The summed E-state index contributed by atoms with van der Waals surface area (Å²) < 4.78 is 37.6. The van der Waals surface area contributed by atoms with E-state index >= 15 is 0 Å². The number of hydrogen-bond acceptors (Lipinski definition) is 5. The van der Waals surface area contributed by atoms with Crippen LogP contribution in [0.5, 0.6) is 0 Å². The Bertz CT molecular complexity index is 1230. The van der Waals surface area contributed by atoms with Crippen molar-refractivity contribution in [2.24, 2.45) is 0 Å². The molecule has 11 heteroatoms. The van der Waals surface area contributed by atoms with E-state index < -0.39 is 35.8 Å². The van der Waals surface area contributed by atoms with Gasteiger partial charge in [0.15, 0.2) is 0 Å². The molecule has 0 bridgehead atoms. The van der Waals surface area contributed by atoms with Crippen molar-refractivity contribution >= 4 is 29.5 Å². The topological polar surface area (TPSA) is 100 Å². The van der Waals surface area contributed by atoms with Crippen LogP contribution < -0.4 is 16.0 Å². The zero-order chi connectivity index (χ0) is 29.5. The molecule has 7 nitrogen and oxygen atoms in total. The van der Waals surface area contributed by atoms with Crippen LogP contribution in [0, 0.1) is 0 Å². The smallest absolute Gasteiger partial charge is 0.355 e. The van der Waals surface area contributed by atoms with E-state index in [1.807, 2.05) is 72.8 Å². The van der Waals surface area contributed by atoms with Crippen LogP contribution in [0.2, 0.25) is 0 Å². The van der Waals surface area contributed by atoms with Gasteiger partial charge < -0.3 is 16.0 Å². The van der Waals surface area contributed by atoms with Gasteiger partial charge in [0.1, 0.15) is 0 Å². The van der Waals surface area contributed by atoms with Crippen LogP contribution in [0.1, 0.15) is 23.1 Å². The highest BCUT2D eigenvalue weighted by Crippen LogP contribution is 2.20. The number of pyridine rings is 1. The van der Waals surface area contributed by atoms with Gasteiger partial charge in [0.2, 0.25) is 11.8 Å². The standard InChI is InChI=1S/C30H33F3N4O3S/c31-30(32,33)29(40)36-20-27(38)37-25(17-22-9-3-1-4-10-22)21-41-26(18-23-11-5-2-6-12-23)28(39)35-16-8-14-24-13-7-15-34-19-24/h1-7,9-13,15,19,25-26H,8,14,16-18,20-21H2,(H,35,39)(H,36,40)(H,37,38)/t25-,26+/m0/s1. The summed E-state index contributed by atoms with van der Waals surface area (Å²) in [6.45, 7) is -0.318. The molecule has 0 saturated heterocycles. The summed E-state index contributed by atoms with van der Waals surface area (Å²) in [5.41, 5.74) is 2.98. The Morgan fingerprint density at radius 1 is 0.829 bits per heavy atom. The molecule has 1 heterocycles. The van der Waals surface area contributed by atoms with Gasteiger partial charge in [-0.1, -0.05) is 66.7 Å². The lowest BCUT2D eigenvalue weighted by Gasteiger charge is -2.23. The minimum absolute atomic E-state index is 0.132. The van der Waals surface area contributed by atoms with Crippen molar-refractivity contribution in [3.63, 3.8) is 0 Å². The molecule has 0 unspecified atom stereocenters. The summed E-state index contributed by atoms with van der Waals surface area (Å²) in [6.07, 6.45) is 0.826. The van der Waals surface area contributed by atoms with E-state index in [4.69, 9.17) is 0 Å². The average molecular weight is 587 g/mol. The van der Waals surface area contributed by atoms with Gasteiger partial charge in [-0.25, -0.2) is 0 Å². The summed E-state index contributed by atoms with van der Waals surface area (Å²) in [6, 6.07) is 22.3. The quantitative estimate of drug-likeness (QED) is 0.235. The fourth-order valence-corrected chi connectivity index (χ4v) is 5.25. The van der Waals surface area contributed by atoms with Crippen LogP contribution in [0.4, 0.5) is 13.2 Å². The van der Waals surface area contributed by atoms with Gasteiger partial charge in [-0.2, -0.15) is 13.2 Å². The number of carbonyl (C=O) groups is 3. The first kappa shape index (κ1) is 31.7.